The van der Waals surface area contributed by atoms with Gasteiger partial charge in [-0.3, -0.25) is 0 Å². The molecule has 0 radical (unpaired) electrons. The van der Waals surface area contributed by atoms with Gasteiger partial charge in [-0.2, -0.15) is 0 Å². The molecule has 0 bridgehead atoms. The standard InChI is InChI=1S/C9H15BrN2O2S2.ClH/c1-2-5-11-6-7-12-16(13,14)9-4-3-8(10)15-9;/h3-4,11-12H,2,5-7H2,1H3;1H. The average Bonchev–Trinajstić information content (AvgIpc) is 2.65. The van der Waals surface area contributed by atoms with E-state index in [1.165, 1.54) is 11.3 Å². The van der Waals surface area contributed by atoms with E-state index in [4.69, 9.17) is 0 Å². The van der Waals surface area contributed by atoms with E-state index in [2.05, 4.69) is 32.9 Å². The second-order valence-corrected chi connectivity index (χ2v) is 7.66. The van der Waals surface area contributed by atoms with E-state index in [-0.39, 0.29) is 12.4 Å². The molecule has 0 aliphatic heterocycles. The lowest BCUT2D eigenvalue weighted by molar-refractivity contribution is 0.577. The smallest absolute Gasteiger partial charge is 0.250 e. The lowest BCUT2D eigenvalue weighted by atomic mass is 10.5. The second kappa shape index (κ2) is 8.44. The van der Waals surface area contributed by atoms with Crippen molar-refractivity contribution < 1.29 is 8.42 Å². The van der Waals surface area contributed by atoms with Gasteiger partial charge in [0.2, 0.25) is 10.0 Å². The fourth-order valence-electron chi connectivity index (χ4n) is 1.09. The van der Waals surface area contributed by atoms with Crippen LogP contribution in [0.15, 0.2) is 20.1 Å². The highest BCUT2D eigenvalue weighted by atomic mass is 79.9. The van der Waals surface area contributed by atoms with Crippen LogP contribution < -0.4 is 10.0 Å². The molecule has 0 amide bonds. The van der Waals surface area contributed by atoms with E-state index >= 15 is 0 Å². The van der Waals surface area contributed by atoms with Crippen molar-refractivity contribution in [1.29, 1.82) is 0 Å². The quantitative estimate of drug-likeness (QED) is 0.730. The van der Waals surface area contributed by atoms with Crippen molar-refractivity contribution in [2.24, 2.45) is 0 Å². The number of nitrogens with one attached hydrogen (secondary N) is 2. The van der Waals surface area contributed by atoms with Crippen LogP contribution in [-0.2, 0) is 10.0 Å². The van der Waals surface area contributed by atoms with Gasteiger partial charge in [-0.05, 0) is 41.0 Å². The summed E-state index contributed by atoms with van der Waals surface area (Å²) < 4.78 is 27.2. The summed E-state index contributed by atoms with van der Waals surface area (Å²) in [6.45, 7) is 4.05. The fourth-order valence-corrected chi connectivity index (χ4v) is 4.18. The third kappa shape index (κ3) is 6.17. The molecule has 4 nitrogen and oxygen atoms in total. The molecule has 0 spiro atoms. The highest BCUT2D eigenvalue weighted by Gasteiger charge is 2.15. The highest BCUT2D eigenvalue weighted by Crippen LogP contribution is 2.25. The molecule has 17 heavy (non-hydrogen) atoms. The minimum atomic E-state index is -3.33. The van der Waals surface area contributed by atoms with Crippen LogP contribution in [0.1, 0.15) is 13.3 Å². The van der Waals surface area contributed by atoms with Crippen molar-refractivity contribution in [1.82, 2.24) is 10.0 Å². The molecule has 100 valence electrons. The van der Waals surface area contributed by atoms with E-state index < -0.39 is 10.0 Å². The first kappa shape index (κ1) is 17.3. The van der Waals surface area contributed by atoms with Gasteiger partial charge in [0.05, 0.1) is 3.79 Å². The Kier molecular flexibility index (Phi) is 8.61. The Labute approximate surface area is 121 Å². The number of sulfonamides is 1. The average molecular weight is 364 g/mol. The molecule has 1 aromatic heterocycles. The Balaban J connectivity index is 0.00000256. The molecule has 1 heterocycles. The normalized spacial score (nSPS) is 11.2. The van der Waals surface area contributed by atoms with Gasteiger partial charge < -0.3 is 5.32 Å². The van der Waals surface area contributed by atoms with Gasteiger partial charge in [0.15, 0.2) is 0 Å². The minimum Gasteiger partial charge on any atom is -0.315 e. The van der Waals surface area contributed by atoms with Crippen molar-refractivity contribution in [2.75, 3.05) is 19.6 Å². The summed E-state index contributed by atoms with van der Waals surface area (Å²) in [5.41, 5.74) is 0. The van der Waals surface area contributed by atoms with Crippen LogP contribution in [0.2, 0.25) is 0 Å². The molecule has 0 fully saturated rings. The van der Waals surface area contributed by atoms with Gasteiger partial charge in [0.1, 0.15) is 4.21 Å². The summed E-state index contributed by atoms with van der Waals surface area (Å²) in [5.74, 6) is 0. The summed E-state index contributed by atoms with van der Waals surface area (Å²) >= 11 is 4.45. The molecule has 0 aliphatic rings. The maximum absolute atomic E-state index is 11.7. The zero-order chi connectivity index (χ0) is 12.0. The summed E-state index contributed by atoms with van der Waals surface area (Å²) in [6, 6.07) is 3.32. The number of thiophene rings is 1. The lowest BCUT2D eigenvalue weighted by Gasteiger charge is -2.05. The van der Waals surface area contributed by atoms with Crippen LogP contribution in [0, 0.1) is 0 Å². The fraction of sp³-hybridized carbons (Fsp3) is 0.556. The molecule has 0 aromatic carbocycles. The molecule has 0 saturated carbocycles. The number of halogens is 2. The predicted molar refractivity (Wildman–Crippen MR) is 77.6 cm³/mol. The van der Waals surface area contributed by atoms with Crippen LogP contribution in [0.4, 0.5) is 0 Å². The van der Waals surface area contributed by atoms with Crippen molar-refractivity contribution in [2.45, 2.75) is 17.6 Å². The minimum absolute atomic E-state index is 0. The first-order valence-corrected chi connectivity index (χ1v) is 8.11. The third-order valence-corrected chi connectivity index (χ3v) is 5.41. The third-order valence-electron chi connectivity index (χ3n) is 1.83. The van der Waals surface area contributed by atoms with E-state index in [9.17, 15) is 8.42 Å². The van der Waals surface area contributed by atoms with Gasteiger partial charge >= 0.3 is 0 Å². The van der Waals surface area contributed by atoms with Gasteiger partial charge in [0, 0.05) is 13.1 Å². The van der Waals surface area contributed by atoms with Crippen molar-refractivity contribution in [3.05, 3.63) is 15.9 Å². The Morgan fingerprint density at radius 2 is 2.00 bits per heavy atom. The first-order chi connectivity index (χ1) is 7.56. The zero-order valence-electron chi connectivity index (χ0n) is 9.40. The molecular weight excluding hydrogens is 348 g/mol. The molecule has 8 heteroatoms. The lowest BCUT2D eigenvalue weighted by Crippen LogP contribution is -2.31. The maximum Gasteiger partial charge on any atom is 0.250 e. The molecular formula is C9H16BrClN2O2S2. The largest absolute Gasteiger partial charge is 0.315 e. The summed E-state index contributed by atoms with van der Waals surface area (Å²) in [6.07, 6.45) is 1.05. The maximum atomic E-state index is 11.7. The first-order valence-electron chi connectivity index (χ1n) is 5.02. The van der Waals surface area contributed by atoms with E-state index in [0.29, 0.717) is 17.3 Å². The molecule has 0 unspecified atom stereocenters. The molecule has 1 rings (SSSR count). The van der Waals surface area contributed by atoms with Crippen LogP contribution in [0.5, 0.6) is 0 Å². The SMILES string of the molecule is CCCNCCNS(=O)(=O)c1ccc(Br)s1.Cl. The van der Waals surface area contributed by atoms with Crippen molar-refractivity contribution >= 4 is 49.7 Å². The molecule has 0 saturated heterocycles. The molecule has 1 aromatic rings. The van der Waals surface area contributed by atoms with E-state index in [0.717, 1.165) is 16.8 Å². The topological polar surface area (TPSA) is 58.2 Å². The second-order valence-electron chi connectivity index (χ2n) is 3.21. The van der Waals surface area contributed by atoms with E-state index in [1.54, 1.807) is 12.1 Å². The van der Waals surface area contributed by atoms with Crippen LogP contribution in [0.25, 0.3) is 0 Å². The molecule has 2 N–H and O–H groups in total. The molecule has 0 aliphatic carbocycles. The molecule has 0 atom stereocenters. The summed E-state index contributed by atoms with van der Waals surface area (Å²) in [5, 5.41) is 3.13. The van der Waals surface area contributed by atoms with Gasteiger partial charge in [-0.25, -0.2) is 13.1 Å². The Morgan fingerprint density at radius 1 is 1.29 bits per heavy atom. The Hall–Kier alpha value is 0.340. The summed E-state index contributed by atoms with van der Waals surface area (Å²) in [4.78, 5) is 0. The van der Waals surface area contributed by atoms with Crippen LogP contribution in [0.3, 0.4) is 0 Å². The summed E-state index contributed by atoms with van der Waals surface area (Å²) in [7, 11) is -3.33. The highest BCUT2D eigenvalue weighted by molar-refractivity contribution is 9.11. The van der Waals surface area contributed by atoms with Gasteiger partial charge in [-0.15, -0.1) is 23.7 Å². The van der Waals surface area contributed by atoms with Gasteiger partial charge in [0.25, 0.3) is 0 Å². The van der Waals surface area contributed by atoms with E-state index in [1.807, 2.05) is 0 Å². The zero-order valence-corrected chi connectivity index (χ0v) is 13.4. The van der Waals surface area contributed by atoms with Crippen LogP contribution >= 0.6 is 39.7 Å². The number of hydrogen-bond acceptors (Lipinski definition) is 4. The van der Waals surface area contributed by atoms with Gasteiger partial charge in [-0.1, -0.05) is 6.92 Å². The Morgan fingerprint density at radius 3 is 2.53 bits per heavy atom. The van der Waals surface area contributed by atoms with Crippen molar-refractivity contribution in [3.63, 3.8) is 0 Å². The van der Waals surface area contributed by atoms with Crippen LogP contribution in [-0.4, -0.2) is 28.1 Å². The monoisotopic (exact) mass is 362 g/mol. The number of rotatable bonds is 7. The predicted octanol–water partition coefficient (Wildman–Crippen LogP) is 2.21. The Bertz CT molecular complexity index is 422. The number of hydrogen-bond donors (Lipinski definition) is 2. The van der Waals surface area contributed by atoms with Crippen molar-refractivity contribution in [3.8, 4) is 0 Å².